The number of allylic oxidation sites excluding steroid dienone is 1. The Labute approximate surface area is 149 Å². The monoisotopic (exact) mass is 339 g/mol. The summed E-state index contributed by atoms with van der Waals surface area (Å²) in [4.78, 5) is 19.4. The van der Waals surface area contributed by atoms with Gasteiger partial charge in [0.25, 0.3) is 0 Å². The molecule has 1 aromatic carbocycles. The van der Waals surface area contributed by atoms with E-state index in [0.29, 0.717) is 30.1 Å². The van der Waals surface area contributed by atoms with E-state index in [1.807, 2.05) is 26.8 Å². The summed E-state index contributed by atoms with van der Waals surface area (Å²) in [6.07, 6.45) is 0.786. The minimum absolute atomic E-state index is 0.271. The van der Waals surface area contributed by atoms with Gasteiger partial charge in [0.2, 0.25) is 0 Å². The molecule has 0 amide bonds. The van der Waals surface area contributed by atoms with Crippen LogP contribution in [0.5, 0.6) is 0 Å². The number of carbonyl (C=O) groups excluding carboxylic acids is 1. The van der Waals surface area contributed by atoms with E-state index in [4.69, 9.17) is 11.5 Å². The fourth-order valence-corrected chi connectivity index (χ4v) is 2.13. The minimum Gasteiger partial charge on any atom is -0.391 e. The number of benzene rings is 1. The highest BCUT2D eigenvalue weighted by Gasteiger charge is 2.14. The number of nitrogens with zero attached hydrogens (tertiary/aromatic N) is 2. The molecule has 1 rings (SSSR count). The van der Waals surface area contributed by atoms with Gasteiger partial charge in [0.15, 0.2) is 0 Å². The highest BCUT2D eigenvalue weighted by Crippen LogP contribution is 2.09. The zero-order valence-corrected chi connectivity index (χ0v) is 15.2. The van der Waals surface area contributed by atoms with Gasteiger partial charge in [-0.25, -0.2) is 0 Å². The van der Waals surface area contributed by atoms with Crippen LogP contribution in [0.4, 0.5) is 0 Å². The summed E-state index contributed by atoms with van der Waals surface area (Å²) in [5.41, 5.74) is 15.2. The first-order chi connectivity index (χ1) is 12.0. The molecule has 6 nitrogen and oxygen atoms in total. The van der Waals surface area contributed by atoms with Crippen molar-refractivity contribution >= 4 is 18.0 Å². The normalized spacial score (nSPS) is 12.8. The van der Waals surface area contributed by atoms with Crippen LogP contribution in [0.3, 0.4) is 0 Å². The highest BCUT2D eigenvalue weighted by molar-refractivity contribution is 6.23. The third kappa shape index (κ3) is 5.50. The maximum absolute atomic E-state index is 10.9. The predicted octanol–water partition coefficient (Wildman–Crippen LogP) is 1.39. The van der Waals surface area contributed by atoms with E-state index in [9.17, 15) is 4.79 Å². The van der Waals surface area contributed by atoms with E-state index >= 15 is 0 Å². The highest BCUT2D eigenvalue weighted by atomic mass is 16.1. The molecule has 0 fully saturated rings. The van der Waals surface area contributed by atoms with E-state index < -0.39 is 0 Å². The molecular weight excluding hydrogens is 314 g/mol. The first kappa shape index (κ1) is 20.0. The number of aliphatic imine (C=N–C) groups is 2. The minimum atomic E-state index is 0.271. The number of aldehydes is 1. The topological polar surface area (TPSA) is 106 Å². The Bertz CT molecular complexity index is 779. The van der Waals surface area contributed by atoms with Crippen LogP contribution in [-0.2, 0) is 0 Å². The van der Waals surface area contributed by atoms with Gasteiger partial charge in [0.05, 0.1) is 11.3 Å². The maximum atomic E-state index is 10.9. The van der Waals surface area contributed by atoms with Gasteiger partial charge in [-0.05, 0) is 38.3 Å². The van der Waals surface area contributed by atoms with E-state index in [1.165, 1.54) is 0 Å². The quantitative estimate of drug-likeness (QED) is 0.326. The Hall–Kier alpha value is -3.07. The molecule has 0 saturated carbocycles. The lowest BCUT2D eigenvalue weighted by Crippen LogP contribution is -2.34. The summed E-state index contributed by atoms with van der Waals surface area (Å²) >= 11 is 0. The molecule has 132 valence electrons. The fourth-order valence-electron chi connectivity index (χ4n) is 2.13. The standard InChI is InChI=1S/C19H25N5O/c1-5-23-18(21)17(19(22-4)24-6-2)16(20)10-9-15-11-14(12-25)8-7-13(15)3/h7-8,11-12H,5-6,20H2,1-4H3,(H2,21,23)(H,22,24)/b17-16-. The average molecular weight is 339 g/mol. The lowest BCUT2D eigenvalue weighted by Gasteiger charge is -2.12. The van der Waals surface area contributed by atoms with Gasteiger partial charge in [-0.1, -0.05) is 18.1 Å². The third-order valence-electron chi connectivity index (χ3n) is 3.39. The third-order valence-corrected chi connectivity index (χ3v) is 3.39. The number of nitrogens with one attached hydrogen (secondary N) is 1. The van der Waals surface area contributed by atoms with Crippen molar-refractivity contribution in [2.24, 2.45) is 21.5 Å². The van der Waals surface area contributed by atoms with Crippen LogP contribution in [0.25, 0.3) is 0 Å². The number of likely N-dealkylation sites (N-methyl/N-ethyl adjacent to an activating group) is 1. The van der Waals surface area contributed by atoms with Crippen LogP contribution in [0.2, 0.25) is 0 Å². The predicted molar refractivity (Wildman–Crippen MR) is 104 cm³/mol. The van der Waals surface area contributed by atoms with E-state index in [0.717, 1.165) is 17.4 Å². The molecule has 25 heavy (non-hydrogen) atoms. The Morgan fingerprint density at radius 1 is 1.32 bits per heavy atom. The molecule has 0 saturated heterocycles. The Morgan fingerprint density at radius 3 is 2.60 bits per heavy atom. The van der Waals surface area contributed by atoms with Crippen molar-refractivity contribution in [1.29, 1.82) is 0 Å². The molecule has 0 aliphatic heterocycles. The number of nitrogens with two attached hydrogens (primary N) is 2. The summed E-state index contributed by atoms with van der Waals surface area (Å²) in [5.74, 6) is 6.74. The van der Waals surface area contributed by atoms with Crippen LogP contribution in [0.15, 0.2) is 39.5 Å². The SMILES string of the molecule is CCN=C(N)/C(C(=NC)NCC)=C(/N)C#Cc1cc(C=O)ccc1C. The van der Waals surface area contributed by atoms with Crippen molar-refractivity contribution in [3.63, 3.8) is 0 Å². The molecule has 0 heterocycles. The molecule has 0 bridgehead atoms. The van der Waals surface area contributed by atoms with Gasteiger partial charge >= 0.3 is 0 Å². The molecule has 0 aromatic heterocycles. The van der Waals surface area contributed by atoms with E-state index in [-0.39, 0.29) is 11.5 Å². The summed E-state index contributed by atoms with van der Waals surface area (Å²) in [6.45, 7) is 6.95. The maximum Gasteiger partial charge on any atom is 0.150 e. The Morgan fingerprint density at radius 2 is 2.04 bits per heavy atom. The van der Waals surface area contributed by atoms with Crippen LogP contribution >= 0.6 is 0 Å². The van der Waals surface area contributed by atoms with Crippen molar-refractivity contribution in [3.05, 3.63) is 46.2 Å². The number of hydrogen-bond acceptors (Lipinski definition) is 4. The molecule has 5 N–H and O–H groups in total. The van der Waals surface area contributed by atoms with Crippen LogP contribution < -0.4 is 16.8 Å². The molecule has 0 spiro atoms. The Balaban J connectivity index is 3.44. The summed E-state index contributed by atoms with van der Waals surface area (Å²) in [6, 6.07) is 5.32. The molecule has 0 aliphatic rings. The van der Waals surface area contributed by atoms with Crippen LogP contribution in [0, 0.1) is 18.8 Å². The van der Waals surface area contributed by atoms with Crippen molar-refractivity contribution in [2.75, 3.05) is 20.1 Å². The first-order valence-corrected chi connectivity index (χ1v) is 8.07. The van der Waals surface area contributed by atoms with E-state index in [1.54, 1.807) is 19.2 Å². The summed E-state index contributed by atoms with van der Waals surface area (Å²) < 4.78 is 0. The zero-order valence-electron chi connectivity index (χ0n) is 15.2. The van der Waals surface area contributed by atoms with E-state index in [2.05, 4.69) is 27.1 Å². The van der Waals surface area contributed by atoms with Crippen molar-refractivity contribution in [2.45, 2.75) is 20.8 Å². The zero-order chi connectivity index (χ0) is 18.8. The van der Waals surface area contributed by atoms with Gasteiger partial charge in [-0.2, -0.15) is 0 Å². The van der Waals surface area contributed by atoms with Gasteiger partial charge < -0.3 is 16.8 Å². The second-order valence-corrected chi connectivity index (χ2v) is 5.19. The number of aryl methyl sites for hydroxylation is 1. The average Bonchev–Trinajstić information content (AvgIpc) is 2.60. The van der Waals surface area contributed by atoms with Gasteiger partial charge in [0.1, 0.15) is 18.0 Å². The lowest BCUT2D eigenvalue weighted by atomic mass is 10.1. The molecule has 0 aliphatic carbocycles. The molecule has 1 aromatic rings. The molecule has 6 heteroatoms. The van der Waals surface area contributed by atoms with Gasteiger partial charge in [0, 0.05) is 31.3 Å². The number of amidine groups is 2. The van der Waals surface area contributed by atoms with Crippen LogP contribution in [0.1, 0.15) is 35.3 Å². The summed E-state index contributed by atoms with van der Waals surface area (Å²) in [7, 11) is 1.65. The second-order valence-electron chi connectivity index (χ2n) is 5.19. The molecule has 0 radical (unpaired) electrons. The second kappa shape index (κ2) is 9.93. The summed E-state index contributed by atoms with van der Waals surface area (Å²) in [5, 5.41) is 3.12. The first-order valence-electron chi connectivity index (χ1n) is 8.07. The van der Waals surface area contributed by atoms with Crippen molar-refractivity contribution < 1.29 is 4.79 Å². The lowest BCUT2D eigenvalue weighted by molar-refractivity contribution is 0.112. The van der Waals surface area contributed by atoms with Crippen molar-refractivity contribution in [3.8, 4) is 11.8 Å². The van der Waals surface area contributed by atoms with Gasteiger partial charge in [-0.15, -0.1) is 0 Å². The number of hydrogen-bond donors (Lipinski definition) is 3. The van der Waals surface area contributed by atoms with Gasteiger partial charge in [-0.3, -0.25) is 14.8 Å². The molecule has 0 atom stereocenters. The Kier molecular flexibility index (Phi) is 7.94. The van der Waals surface area contributed by atoms with Crippen molar-refractivity contribution in [1.82, 2.24) is 5.32 Å². The van der Waals surface area contributed by atoms with Crippen LogP contribution in [-0.4, -0.2) is 38.1 Å². The molecule has 0 unspecified atom stereocenters. The fraction of sp³-hybridized carbons (Fsp3) is 0.316. The molecular formula is C19H25N5O. The smallest absolute Gasteiger partial charge is 0.150 e. The number of carbonyl (C=O) groups is 1. The number of rotatable bonds is 5. The largest absolute Gasteiger partial charge is 0.391 e.